The minimum Gasteiger partial charge on any atom is -0.469 e. The number of esters is 1. The molecule has 0 spiro atoms. The van der Waals surface area contributed by atoms with E-state index in [0.717, 1.165) is 38.7 Å². The van der Waals surface area contributed by atoms with Crippen LogP contribution >= 0.6 is 0 Å². The fraction of sp³-hybridized carbons (Fsp3) is 0.923. The maximum absolute atomic E-state index is 11.3. The van der Waals surface area contributed by atoms with E-state index in [-0.39, 0.29) is 17.7 Å². The van der Waals surface area contributed by atoms with E-state index in [1.807, 2.05) is 0 Å². The smallest absolute Gasteiger partial charge is 0.308 e. The molecule has 4 heteroatoms. The monoisotopic (exact) mass is 242 g/mol. The van der Waals surface area contributed by atoms with Crippen molar-refractivity contribution in [2.75, 3.05) is 20.3 Å². The molecule has 1 aliphatic heterocycles. The Bertz CT molecular complexity index is 254. The minimum absolute atomic E-state index is 0.172. The molecule has 1 heterocycles. The molecule has 1 saturated heterocycles. The lowest BCUT2D eigenvalue weighted by Gasteiger charge is -2.42. The molecule has 2 rings (SSSR count). The van der Waals surface area contributed by atoms with Gasteiger partial charge in [0.15, 0.2) is 0 Å². The summed E-state index contributed by atoms with van der Waals surface area (Å²) >= 11 is 0. The molecule has 1 aliphatic carbocycles. The third-order valence-electron chi connectivity index (χ3n) is 3.81. The topological polar surface area (TPSA) is 44.8 Å². The summed E-state index contributed by atoms with van der Waals surface area (Å²) in [5.41, 5.74) is -0.256. The quantitative estimate of drug-likeness (QED) is 0.692. The van der Waals surface area contributed by atoms with Gasteiger partial charge in [-0.15, -0.1) is 0 Å². The van der Waals surface area contributed by atoms with Crippen LogP contribution in [-0.4, -0.2) is 38.0 Å². The molecule has 0 bridgehead atoms. The summed E-state index contributed by atoms with van der Waals surface area (Å²) in [6, 6.07) is 0. The fourth-order valence-corrected chi connectivity index (χ4v) is 2.49. The average molecular weight is 242 g/mol. The molecule has 0 aromatic heterocycles. The van der Waals surface area contributed by atoms with E-state index in [0.29, 0.717) is 13.0 Å². The molecule has 0 amide bonds. The van der Waals surface area contributed by atoms with Crippen molar-refractivity contribution in [3.63, 3.8) is 0 Å². The Balaban J connectivity index is 1.76. The highest BCUT2D eigenvalue weighted by Gasteiger charge is 2.41. The van der Waals surface area contributed by atoms with E-state index in [4.69, 9.17) is 14.2 Å². The third-order valence-corrected chi connectivity index (χ3v) is 3.81. The Morgan fingerprint density at radius 3 is 2.71 bits per heavy atom. The predicted molar refractivity (Wildman–Crippen MR) is 62.8 cm³/mol. The van der Waals surface area contributed by atoms with Crippen LogP contribution < -0.4 is 0 Å². The molecule has 0 N–H and O–H groups in total. The second-order valence-corrected chi connectivity index (χ2v) is 5.09. The first-order valence-corrected chi connectivity index (χ1v) is 6.56. The number of rotatable bonds is 5. The molecular formula is C13H22O4. The minimum atomic E-state index is -0.256. The lowest BCUT2D eigenvalue weighted by molar-refractivity contribution is -0.167. The standard InChI is InChI=1S/C13H22O4/c1-15-12(14)9-13(6-4-7-13)17-10-11-5-2-3-8-16-11/h11H,2-10H2,1H3. The van der Waals surface area contributed by atoms with Crippen LogP contribution in [0.5, 0.6) is 0 Å². The number of hydrogen-bond donors (Lipinski definition) is 0. The molecule has 17 heavy (non-hydrogen) atoms. The molecule has 2 aliphatic rings. The van der Waals surface area contributed by atoms with Crippen molar-refractivity contribution in [1.82, 2.24) is 0 Å². The highest BCUT2D eigenvalue weighted by atomic mass is 16.6. The van der Waals surface area contributed by atoms with Crippen molar-refractivity contribution >= 4 is 5.97 Å². The van der Waals surface area contributed by atoms with E-state index in [1.165, 1.54) is 13.5 Å². The van der Waals surface area contributed by atoms with Crippen LogP contribution in [0.4, 0.5) is 0 Å². The van der Waals surface area contributed by atoms with E-state index >= 15 is 0 Å². The van der Waals surface area contributed by atoms with Crippen LogP contribution in [0, 0.1) is 0 Å². The van der Waals surface area contributed by atoms with E-state index < -0.39 is 0 Å². The first kappa shape index (κ1) is 12.8. The fourth-order valence-electron chi connectivity index (χ4n) is 2.49. The Morgan fingerprint density at radius 1 is 1.35 bits per heavy atom. The zero-order valence-electron chi connectivity index (χ0n) is 10.6. The van der Waals surface area contributed by atoms with E-state index in [2.05, 4.69) is 0 Å². The van der Waals surface area contributed by atoms with Gasteiger partial charge in [0.1, 0.15) is 0 Å². The van der Waals surface area contributed by atoms with Crippen LogP contribution in [0.25, 0.3) is 0 Å². The van der Waals surface area contributed by atoms with Gasteiger partial charge in [-0.2, -0.15) is 0 Å². The van der Waals surface area contributed by atoms with Crippen molar-refractivity contribution in [1.29, 1.82) is 0 Å². The van der Waals surface area contributed by atoms with Gasteiger partial charge < -0.3 is 14.2 Å². The van der Waals surface area contributed by atoms with Crippen molar-refractivity contribution in [3.05, 3.63) is 0 Å². The number of hydrogen-bond acceptors (Lipinski definition) is 4. The Labute approximate surface area is 103 Å². The predicted octanol–water partition coefficient (Wildman–Crippen LogP) is 2.06. The molecular weight excluding hydrogens is 220 g/mol. The number of methoxy groups -OCH3 is 1. The zero-order chi connectivity index (χ0) is 12.1. The molecule has 98 valence electrons. The first-order valence-electron chi connectivity index (χ1n) is 6.56. The van der Waals surface area contributed by atoms with Gasteiger partial charge >= 0.3 is 5.97 Å². The van der Waals surface area contributed by atoms with Gasteiger partial charge in [0.2, 0.25) is 0 Å². The number of carbonyl (C=O) groups excluding carboxylic acids is 1. The third kappa shape index (κ3) is 3.42. The second kappa shape index (κ2) is 5.83. The summed E-state index contributed by atoms with van der Waals surface area (Å²) < 4.78 is 16.3. The lowest BCUT2D eigenvalue weighted by Crippen LogP contribution is -2.44. The Kier molecular flexibility index (Phi) is 4.40. The van der Waals surface area contributed by atoms with E-state index in [1.54, 1.807) is 0 Å². The van der Waals surface area contributed by atoms with E-state index in [9.17, 15) is 4.79 Å². The number of ether oxygens (including phenoxy) is 3. The second-order valence-electron chi connectivity index (χ2n) is 5.09. The summed E-state index contributed by atoms with van der Waals surface area (Å²) in [7, 11) is 1.43. The summed E-state index contributed by atoms with van der Waals surface area (Å²) in [6.07, 6.45) is 7.14. The van der Waals surface area contributed by atoms with Crippen molar-refractivity contribution in [2.24, 2.45) is 0 Å². The molecule has 4 nitrogen and oxygen atoms in total. The SMILES string of the molecule is COC(=O)CC1(OCC2CCCCO2)CCC1. The average Bonchev–Trinajstić information content (AvgIpc) is 2.33. The maximum Gasteiger partial charge on any atom is 0.308 e. The van der Waals surface area contributed by atoms with Crippen LogP contribution in [0.3, 0.4) is 0 Å². The lowest BCUT2D eigenvalue weighted by atomic mass is 9.77. The van der Waals surface area contributed by atoms with Gasteiger partial charge in [0.25, 0.3) is 0 Å². The molecule has 1 unspecified atom stereocenters. The molecule has 2 fully saturated rings. The molecule has 1 saturated carbocycles. The first-order chi connectivity index (χ1) is 8.24. The van der Waals surface area contributed by atoms with Crippen LogP contribution in [-0.2, 0) is 19.0 Å². The van der Waals surface area contributed by atoms with Crippen LogP contribution in [0.1, 0.15) is 44.9 Å². The Morgan fingerprint density at radius 2 is 2.18 bits per heavy atom. The van der Waals surface area contributed by atoms with Gasteiger partial charge in [-0.1, -0.05) is 0 Å². The van der Waals surface area contributed by atoms with Crippen molar-refractivity contribution in [3.8, 4) is 0 Å². The van der Waals surface area contributed by atoms with Gasteiger partial charge in [-0.25, -0.2) is 0 Å². The molecule has 0 radical (unpaired) electrons. The summed E-state index contributed by atoms with van der Waals surface area (Å²) in [5.74, 6) is -0.172. The highest BCUT2D eigenvalue weighted by molar-refractivity contribution is 5.70. The summed E-state index contributed by atoms with van der Waals surface area (Å²) in [5, 5.41) is 0. The van der Waals surface area contributed by atoms with Crippen LogP contribution in [0.15, 0.2) is 0 Å². The summed E-state index contributed by atoms with van der Waals surface area (Å²) in [6.45, 7) is 1.47. The van der Waals surface area contributed by atoms with Crippen molar-refractivity contribution in [2.45, 2.75) is 56.7 Å². The van der Waals surface area contributed by atoms with Crippen molar-refractivity contribution < 1.29 is 19.0 Å². The van der Waals surface area contributed by atoms with Gasteiger partial charge in [-0.05, 0) is 38.5 Å². The normalized spacial score (nSPS) is 27.2. The summed E-state index contributed by atoms with van der Waals surface area (Å²) in [4.78, 5) is 11.3. The highest BCUT2D eigenvalue weighted by Crippen LogP contribution is 2.39. The van der Waals surface area contributed by atoms with Crippen LogP contribution in [0.2, 0.25) is 0 Å². The molecule has 0 aromatic rings. The number of carbonyl (C=O) groups is 1. The maximum atomic E-state index is 11.3. The van der Waals surface area contributed by atoms with Gasteiger partial charge in [-0.3, -0.25) is 4.79 Å². The molecule has 1 atom stereocenters. The Hall–Kier alpha value is -0.610. The van der Waals surface area contributed by atoms with Gasteiger partial charge in [0, 0.05) is 6.61 Å². The molecule has 0 aromatic carbocycles. The zero-order valence-corrected chi connectivity index (χ0v) is 10.6. The largest absolute Gasteiger partial charge is 0.469 e. The van der Waals surface area contributed by atoms with Gasteiger partial charge in [0.05, 0.1) is 31.8 Å².